The Morgan fingerprint density at radius 2 is 1.44 bits per heavy atom. The van der Waals surface area contributed by atoms with Crippen LogP contribution >= 0.6 is 0 Å². The first-order valence-corrected chi connectivity index (χ1v) is 14.6. The highest BCUT2D eigenvalue weighted by Gasteiger charge is 2.23. The van der Waals surface area contributed by atoms with Crippen molar-refractivity contribution in [2.45, 2.75) is 103 Å². The topological polar surface area (TPSA) is 26.3 Å². The van der Waals surface area contributed by atoms with Gasteiger partial charge < -0.3 is 4.74 Å². The van der Waals surface area contributed by atoms with Crippen LogP contribution in [-0.4, -0.2) is 12.6 Å². The van der Waals surface area contributed by atoms with E-state index in [9.17, 15) is 4.79 Å². The Morgan fingerprint density at radius 1 is 0.833 bits per heavy atom. The van der Waals surface area contributed by atoms with Crippen LogP contribution in [0.1, 0.15) is 114 Å². The minimum Gasteiger partial charge on any atom is -0.462 e. The molecule has 4 rings (SSSR count). The zero-order chi connectivity index (χ0) is 25.3. The van der Waals surface area contributed by atoms with Crippen LogP contribution < -0.4 is 0 Å². The Hall–Kier alpha value is -2.35. The Morgan fingerprint density at radius 3 is 1.97 bits per heavy atom. The van der Waals surface area contributed by atoms with Crippen LogP contribution in [0, 0.1) is 11.8 Å². The van der Waals surface area contributed by atoms with Crippen LogP contribution in [0.25, 0.3) is 11.1 Å². The van der Waals surface area contributed by atoms with Gasteiger partial charge in [0.25, 0.3) is 0 Å². The quantitative estimate of drug-likeness (QED) is 0.312. The number of hydrogen-bond acceptors (Lipinski definition) is 2. The highest BCUT2D eigenvalue weighted by atomic mass is 16.5. The summed E-state index contributed by atoms with van der Waals surface area (Å²) in [5.74, 6) is 2.53. The fourth-order valence-corrected chi connectivity index (χ4v) is 6.30. The van der Waals surface area contributed by atoms with Crippen LogP contribution in [0.3, 0.4) is 0 Å². The average Bonchev–Trinajstić information content (AvgIpc) is 2.93. The van der Waals surface area contributed by atoms with Gasteiger partial charge in [-0.2, -0.15) is 0 Å². The van der Waals surface area contributed by atoms with Crippen molar-refractivity contribution < 1.29 is 9.53 Å². The largest absolute Gasteiger partial charge is 0.462 e. The first-order valence-electron chi connectivity index (χ1n) is 14.6. The summed E-state index contributed by atoms with van der Waals surface area (Å²) in [5.41, 5.74) is 6.35. The lowest BCUT2D eigenvalue weighted by Gasteiger charge is -2.28. The number of benzene rings is 2. The van der Waals surface area contributed by atoms with Gasteiger partial charge in [0.05, 0.1) is 6.61 Å². The van der Waals surface area contributed by atoms with E-state index in [4.69, 9.17) is 4.74 Å². The van der Waals surface area contributed by atoms with Gasteiger partial charge in [0.1, 0.15) is 0 Å². The van der Waals surface area contributed by atoms with E-state index in [2.05, 4.69) is 75.4 Å². The third-order valence-electron chi connectivity index (χ3n) is 8.59. The van der Waals surface area contributed by atoms with E-state index in [0.29, 0.717) is 18.4 Å². The van der Waals surface area contributed by atoms with Crippen molar-refractivity contribution in [2.75, 3.05) is 6.61 Å². The first kappa shape index (κ1) is 26.7. The van der Waals surface area contributed by atoms with Crippen molar-refractivity contribution in [2.24, 2.45) is 11.8 Å². The summed E-state index contributed by atoms with van der Waals surface area (Å²) in [6, 6.07) is 18.5. The predicted octanol–water partition coefficient (Wildman–Crippen LogP) is 9.60. The number of rotatable bonds is 10. The lowest BCUT2D eigenvalue weighted by Crippen LogP contribution is -2.16. The molecule has 0 saturated heterocycles. The molecule has 0 aromatic heterocycles. The van der Waals surface area contributed by atoms with Gasteiger partial charge >= 0.3 is 5.97 Å². The molecule has 0 bridgehead atoms. The smallest absolute Gasteiger partial charge is 0.333 e. The third kappa shape index (κ3) is 7.11. The third-order valence-corrected chi connectivity index (χ3v) is 8.59. The van der Waals surface area contributed by atoms with Crippen LogP contribution in [-0.2, 0) is 9.53 Å². The van der Waals surface area contributed by atoms with Gasteiger partial charge in [0, 0.05) is 5.57 Å². The van der Waals surface area contributed by atoms with Gasteiger partial charge in [-0.15, -0.1) is 0 Å². The molecule has 2 aromatic carbocycles. The van der Waals surface area contributed by atoms with Crippen molar-refractivity contribution in [1.82, 2.24) is 0 Å². The van der Waals surface area contributed by atoms with E-state index < -0.39 is 0 Å². The van der Waals surface area contributed by atoms with Crippen LogP contribution in [0.15, 0.2) is 60.2 Å². The highest BCUT2D eigenvalue weighted by Crippen LogP contribution is 2.38. The van der Waals surface area contributed by atoms with E-state index in [1.54, 1.807) is 0 Å². The highest BCUT2D eigenvalue weighted by molar-refractivity contribution is 5.88. The molecule has 0 radical (unpaired) electrons. The molecule has 2 aliphatic carbocycles. The molecule has 1 fully saturated rings. The molecular weight excluding hydrogens is 440 g/mol. The summed E-state index contributed by atoms with van der Waals surface area (Å²) in [6.45, 7) is 7.17. The second kappa shape index (κ2) is 13.3. The summed E-state index contributed by atoms with van der Waals surface area (Å²) >= 11 is 0. The molecule has 0 aliphatic heterocycles. The van der Waals surface area contributed by atoms with E-state index in [1.165, 1.54) is 60.8 Å². The Bertz CT molecular complexity index is 977. The molecule has 2 aromatic rings. The molecule has 2 aliphatic rings. The zero-order valence-corrected chi connectivity index (χ0v) is 22.8. The van der Waals surface area contributed by atoms with Crippen molar-refractivity contribution in [3.8, 4) is 11.1 Å². The Labute approximate surface area is 219 Å². The van der Waals surface area contributed by atoms with Crippen molar-refractivity contribution in [3.05, 3.63) is 71.3 Å². The lowest BCUT2D eigenvalue weighted by molar-refractivity contribution is -0.140. The second-order valence-electron chi connectivity index (χ2n) is 11.4. The summed E-state index contributed by atoms with van der Waals surface area (Å²) in [4.78, 5) is 12.4. The number of allylic oxidation sites excluding steroid dienone is 1. The van der Waals surface area contributed by atoms with Crippen LogP contribution in [0.4, 0.5) is 0 Å². The molecule has 0 amide bonds. The second-order valence-corrected chi connectivity index (χ2v) is 11.4. The Balaban J connectivity index is 1.29. The van der Waals surface area contributed by atoms with Gasteiger partial charge in [-0.05, 0) is 97.3 Å². The SMILES string of the molecule is CCCC(C)COC(=O)C1=CCC(c2ccc(-c3ccc([C@H]4CC[C@H](CCC)CC4)cc3)cc2)CC1. The van der Waals surface area contributed by atoms with Gasteiger partial charge in [-0.25, -0.2) is 4.79 Å². The van der Waals surface area contributed by atoms with Gasteiger partial charge in [0.2, 0.25) is 0 Å². The average molecular weight is 487 g/mol. The monoisotopic (exact) mass is 486 g/mol. The zero-order valence-electron chi connectivity index (χ0n) is 22.8. The predicted molar refractivity (Wildman–Crippen MR) is 151 cm³/mol. The Kier molecular flexibility index (Phi) is 9.84. The molecule has 2 nitrogen and oxygen atoms in total. The van der Waals surface area contributed by atoms with Crippen molar-refractivity contribution >= 4 is 5.97 Å². The molecule has 2 heteroatoms. The molecule has 0 heterocycles. The van der Waals surface area contributed by atoms with Gasteiger partial charge in [-0.1, -0.05) is 94.6 Å². The maximum atomic E-state index is 12.4. The van der Waals surface area contributed by atoms with Crippen LogP contribution in [0.2, 0.25) is 0 Å². The molecule has 194 valence electrons. The fourth-order valence-electron chi connectivity index (χ4n) is 6.30. The number of carbonyl (C=O) groups excluding carboxylic acids is 1. The summed E-state index contributed by atoms with van der Waals surface area (Å²) in [5, 5.41) is 0. The normalized spacial score (nSPS) is 23.1. The number of esters is 1. The van der Waals surface area contributed by atoms with Gasteiger partial charge in [0.15, 0.2) is 0 Å². The minimum absolute atomic E-state index is 0.107. The van der Waals surface area contributed by atoms with Crippen LogP contribution in [0.5, 0.6) is 0 Å². The number of carbonyl (C=O) groups is 1. The van der Waals surface area contributed by atoms with Crippen molar-refractivity contribution in [3.63, 3.8) is 0 Å². The summed E-state index contributed by atoms with van der Waals surface area (Å²) < 4.78 is 5.56. The van der Waals surface area contributed by atoms with E-state index in [-0.39, 0.29) is 5.97 Å². The van der Waals surface area contributed by atoms with E-state index in [1.807, 2.05) is 0 Å². The first-order chi connectivity index (χ1) is 17.6. The molecular formula is C34H46O2. The maximum Gasteiger partial charge on any atom is 0.333 e. The molecule has 36 heavy (non-hydrogen) atoms. The standard InChI is InChI=1S/C34H46O2/c1-4-6-25(3)24-36-34(35)33-22-20-32(21-23-33)31-18-16-30(17-19-31)29-14-12-28(13-15-29)27-10-8-26(7-5-2)9-11-27/h12-19,22,25-27,32H,4-11,20-21,23-24H2,1-3H3/t25?,26-,27-,32?. The van der Waals surface area contributed by atoms with E-state index >= 15 is 0 Å². The molecule has 2 unspecified atom stereocenters. The molecule has 0 N–H and O–H groups in total. The van der Waals surface area contributed by atoms with E-state index in [0.717, 1.165) is 49.5 Å². The minimum atomic E-state index is -0.107. The summed E-state index contributed by atoms with van der Waals surface area (Å²) in [7, 11) is 0. The summed E-state index contributed by atoms with van der Waals surface area (Å²) in [6.07, 6.45) is 15.3. The number of ether oxygens (including phenoxy) is 1. The fraction of sp³-hybridized carbons (Fsp3) is 0.559. The molecule has 1 saturated carbocycles. The lowest BCUT2D eigenvalue weighted by atomic mass is 9.77. The van der Waals surface area contributed by atoms with Gasteiger partial charge in [-0.3, -0.25) is 0 Å². The number of hydrogen-bond donors (Lipinski definition) is 0. The van der Waals surface area contributed by atoms with Crippen molar-refractivity contribution in [1.29, 1.82) is 0 Å². The maximum absolute atomic E-state index is 12.4. The molecule has 0 spiro atoms. The molecule has 2 atom stereocenters.